The Balaban J connectivity index is 1.55. The van der Waals surface area contributed by atoms with Gasteiger partial charge in [-0.3, -0.25) is 0 Å². The summed E-state index contributed by atoms with van der Waals surface area (Å²) in [6.45, 7) is 0.505. The van der Waals surface area contributed by atoms with Gasteiger partial charge in [0.25, 0.3) is 0 Å². The summed E-state index contributed by atoms with van der Waals surface area (Å²) in [6.07, 6.45) is 4.51. The Hall–Kier alpha value is -3.02. The zero-order valence-corrected chi connectivity index (χ0v) is 12.8. The average molecular weight is 310 g/mol. The van der Waals surface area contributed by atoms with E-state index < -0.39 is 0 Å². The molecule has 2 N–H and O–H groups in total. The average Bonchev–Trinajstić information content (AvgIpc) is 2.98. The van der Waals surface area contributed by atoms with E-state index in [1.165, 1.54) is 0 Å². The number of imidazole rings is 1. The number of hydrogen-bond acceptors (Lipinski definition) is 3. The molecule has 0 aliphatic rings. The van der Waals surface area contributed by atoms with Crippen LogP contribution >= 0.6 is 0 Å². The molecule has 2 aromatic heterocycles. The Morgan fingerprint density at radius 2 is 2.04 bits per heavy atom. The highest BCUT2D eigenvalue weighted by Crippen LogP contribution is 2.18. The van der Waals surface area contributed by atoms with Gasteiger partial charge in [-0.2, -0.15) is 0 Å². The molecule has 0 atom stereocenters. The van der Waals surface area contributed by atoms with Gasteiger partial charge in [0.15, 0.2) is 11.4 Å². The monoisotopic (exact) mass is 310 g/mol. The van der Waals surface area contributed by atoms with Crippen LogP contribution in [0.3, 0.4) is 0 Å². The Bertz CT molecular complexity index is 799. The van der Waals surface area contributed by atoms with Crippen LogP contribution in [0.25, 0.3) is 5.65 Å². The third-order valence-corrected chi connectivity index (χ3v) is 3.42. The fourth-order valence-corrected chi connectivity index (χ4v) is 2.32. The molecule has 0 saturated heterocycles. The van der Waals surface area contributed by atoms with Crippen LogP contribution in [-0.4, -0.2) is 29.1 Å². The summed E-state index contributed by atoms with van der Waals surface area (Å²) >= 11 is 0. The number of aromatic nitrogens is 2. The van der Waals surface area contributed by atoms with Gasteiger partial charge in [-0.15, -0.1) is 0 Å². The van der Waals surface area contributed by atoms with E-state index in [4.69, 9.17) is 4.74 Å². The minimum absolute atomic E-state index is 0.224. The number of nitrogens with zero attached hydrogens (tertiary/aromatic N) is 2. The van der Waals surface area contributed by atoms with E-state index in [2.05, 4.69) is 15.6 Å². The van der Waals surface area contributed by atoms with Crippen LogP contribution in [0.15, 0.2) is 54.9 Å². The fourth-order valence-electron chi connectivity index (χ4n) is 2.32. The number of carbonyl (C=O) groups is 1. The van der Waals surface area contributed by atoms with Crippen molar-refractivity contribution in [1.29, 1.82) is 0 Å². The molecule has 0 radical (unpaired) electrons. The number of carbonyl (C=O) groups excluding carboxylic acids is 1. The summed E-state index contributed by atoms with van der Waals surface area (Å²) in [5.41, 5.74) is 2.44. The minimum Gasteiger partial charge on any atom is -0.493 e. The molecule has 0 aliphatic carbocycles. The van der Waals surface area contributed by atoms with E-state index in [0.29, 0.717) is 13.0 Å². The van der Waals surface area contributed by atoms with Gasteiger partial charge < -0.3 is 19.8 Å². The van der Waals surface area contributed by atoms with Crippen LogP contribution in [0, 0.1) is 0 Å². The molecule has 0 spiro atoms. The standard InChI is InChI=1S/C17H18N4O2/c1-23-15-8-5-11-21-12-14(19-16(15)21)9-10-18-17(22)20-13-6-3-2-4-7-13/h2-8,11-12H,9-10H2,1H3,(H2,18,20,22). The maximum absolute atomic E-state index is 11.8. The molecule has 6 nitrogen and oxygen atoms in total. The van der Waals surface area contributed by atoms with Gasteiger partial charge in [0.05, 0.1) is 12.8 Å². The zero-order valence-electron chi connectivity index (χ0n) is 12.8. The first-order valence-electron chi connectivity index (χ1n) is 7.37. The van der Waals surface area contributed by atoms with Crippen molar-refractivity contribution in [3.8, 4) is 5.75 Å². The molecule has 0 unspecified atom stereocenters. The van der Waals surface area contributed by atoms with E-state index >= 15 is 0 Å². The topological polar surface area (TPSA) is 67.7 Å². The van der Waals surface area contributed by atoms with Gasteiger partial charge >= 0.3 is 6.03 Å². The molecule has 23 heavy (non-hydrogen) atoms. The lowest BCUT2D eigenvalue weighted by molar-refractivity contribution is 0.252. The largest absolute Gasteiger partial charge is 0.493 e. The normalized spacial score (nSPS) is 10.5. The smallest absolute Gasteiger partial charge is 0.319 e. The Morgan fingerprint density at radius 3 is 2.83 bits per heavy atom. The molecule has 1 aromatic carbocycles. The number of rotatable bonds is 5. The molecule has 2 amide bonds. The number of methoxy groups -OCH3 is 1. The third kappa shape index (κ3) is 3.60. The molecule has 6 heteroatoms. The number of nitrogens with one attached hydrogen (secondary N) is 2. The minimum atomic E-state index is -0.224. The summed E-state index contributed by atoms with van der Waals surface area (Å²) in [4.78, 5) is 16.3. The van der Waals surface area contributed by atoms with Gasteiger partial charge in [-0.25, -0.2) is 9.78 Å². The number of pyridine rings is 1. The van der Waals surface area contributed by atoms with E-state index in [1.54, 1.807) is 7.11 Å². The van der Waals surface area contributed by atoms with Gasteiger partial charge in [0.1, 0.15) is 0 Å². The molecular weight excluding hydrogens is 292 g/mol. The number of para-hydroxylation sites is 1. The van der Waals surface area contributed by atoms with E-state index in [9.17, 15) is 4.79 Å². The predicted molar refractivity (Wildman–Crippen MR) is 88.9 cm³/mol. The Kier molecular flexibility index (Phi) is 4.42. The van der Waals surface area contributed by atoms with Crippen LogP contribution < -0.4 is 15.4 Å². The summed E-state index contributed by atoms with van der Waals surface area (Å²) in [6, 6.07) is 12.9. The summed E-state index contributed by atoms with van der Waals surface area (Å²) < 4.78 is 7.20. The number of benzene rings is 1. The molecule has 118 valence electrons. The Morgan fingerprint density at radius 1 is 1.22 bits per heavy atom. The number of anilines is 1. The number of hydrogen-bond donors (Lipinski definition) is 2. The highest BCUT2D eigenvalue weighted by atomic mass is 16.5. The molecule has 0 aliphatic heterocycles. The quantitative estimate of drug-likeness (QED) is 0.761. The number of amides is 2. The molecule has 0 saturated carbocycles. The molecule has 0 bridgehead atoms. The highest BCUT2D eigenvalue weighted by Gasteiger charge is 2.07. The van der Waals surface area contributed by atoms with E-state index in [0.717, 1.165) is 22.8 Å². The van der Waals surface area contributed by atoms with Crippen LogP contribution in [0.1, 0.15) is 5.69 Å². The molecule has 0 fully saturated rings. The molecule has 2 heterocycles. The van der Waals surface area contributed by atoms with Crippen LogP contribution in [0.5, 0.6) is 5.75 Å². The van der Waals surface area contributed by atoms with Crippen molar-refractivity contribution in [3.63, 3.8) is 0 Å². The van der Waals surface area contributed by atoms with Crippen LogP contribution in [-0.2, 0) is 6.42 Å². The van der Waals surface area contributed by atoms with E-state index in [-0.39, 0.29) is 6.03 Å². The van der Waals surface area contributed by atoms with Gasteiger partial charge in [-0.05, 0) is 24.3 Å². The fraction of sp³-hybridized carbons (Fsp3) is 0.176. The summed E-state index contributed by atoms with van der Waals surface area (Å²) in [7, 11) is 1.62. The number of urea groups is 1. The first kappa shape index (κ1) is 14.9. The van der Waals surface area contributed by atoms with Gasteiger partial charge in [0, 0.05) is 31.0 Å². The third-order valence-electron chi connectivity index (χ3n) is 3.42. The lowest BCUT2D eigenvalue weighted by Gasteiger charge is -2.06. The lowest BCUT2D eigenvalue weighted by Crippen LogP contribution is -2.30. The van der Waals surface area contributed by atoms with Crippen LogP contribution in [0.4, 0.5) is 10.5 Å². The second-order valence-electron chi connectivity index (χ2n) is 5.04. The number of fused-ring (bicyclic) bond motifs is 1. The van der Waals surface area contributed by atoms with Crippen molar-refractivity contribution < 1.29 is 9.53 Å². The first-order chi connectivity index (χ1) is 11.3. The van der Waals surface area contributed by atoms with Crippen molar-refractivity contribution in [1.82, 2.24) is 14.7 Å². The molecule has 3 aromatic rings. The number of ether oxygens (including phenoxy) is 1. The maximum atomic E-state index is 11.8. The van der Waals surface area contributed by atoms with Gasteiger partial charge in [0.2, 0.25) is 0 Å². The van der Waals surface area contributed by atoms with E-state index in [1.807, 2.05) is 59.3 Å². The van der Waals surface area contributed by atoms with Crippen molar-refractivity contribution in [3.05, 3.63) is 60.6 Å². The predicted octanol–water partition coefficient (Wildman–Crippen LogP) is 2.71. The van der Waals surface area contributed by atoms with Crippen molar-refractivity contribution >= 4 is 17.4 Å². The lowest BCUT2D eigenvalue weighted by atomic mass is 10.3. The summed E-state index contributed by atoms with van der Waals surface area (Å²) in [5, 5.41) is 5.60. The first-order valence-corrected chi connectivity index (χ1v) is 7.37. The zero-order chi connectivity index (χ0) is 16.1. The second kappa shape index (κ2) is 6.83. The van der Waals surface area contributed by atoms with Gasteiger partial charge in [-0.1, -0.05) is 18.2 Å². The van der Waals surface area contributed by atoms with Crippen molar-refractivity contribution in [2.75, 3.05) is 19.0 Å². The summed E-state index contributed by atoms with van der Waals surface area (Å²) in [5.74, 6) is 0.730. The molecular formula is C17H18N4O2. The second-order valence-corrected chi connectivity index (χ2v) is 5.04. The van der Waals surface area contributed by atoms with Crippen LogP contribution in [0.2, 0.25) is 0 Å². The maximum Gasteiger partial charge on any atom is 0.319 e. The highest BCUT2D eigenvalue weighted by molar-refractivity contribution is 5.89. The van der Waals surface area contributed by atoms with Crippen molar-refractivity contribution in [2.24, 2.45) is 0 Å². The van der Waals surface area contributed by atoms with Crippen molar-refractivity contribution in [2.45, 2.75) is 6.42 Å². The Labute approximate surface area is 134 Å². The molecule has 3 rings (SSSR count). The SMILES string of the molecule is COc1cccn2cc(CCNC(=O)Nc3ccccc3)nc12.